The standard InChI is InChI=1S/C23H39N7O5/c1-14(2)10-18(29-20(31)16(25)11-15-12-26-13-27-15)21(32)28-17(6-3-4-8-24)22(33)30-9-5-7-19(30)23(34)35/h12-14,16-19H,3-11,24-25H2,1-2H3,(H,26,27)(H,28,32)(H,29,31)(H,34,35). The van der Waals surface area contributed by atoms with Crippen molar-refractivity contribution in [2.24, 2.45) is 17.4 Å². The lowest BCUT2D eigenvalue weighted by Gasteiger charge is -2.29. The van der Waals surface area contributed by atoms with Gasteiger partial charge < -0.3 is 37.1 Å². The van der Waals surface area contributed by atoms with E-state index in [4.69, 9.17) is 11.5 Å². The fraction of sp³-hybridized carbons (Fsp3) is 0.696. The van der Waals surface area contributed by atoms with Gasteiger partial charge in [0.05, 0.1) is 12.4 Å². The second kappa shape index (κ2) is 13.8. The second-order valence-corrected chi connectivity index (χ2v) is 9.45. The summed E-state index contributed by atoms with van der Waals surface area (Å²) in [4.78, 5) is 58.9. The molecule has 0 saturated carbocycles. The molecule has 0 aromatic carbocycles. The summed E-state index contributed by atoms with van der Waals surface area (Å²) in [5, 5.41) is 15.0. The Morgan fingerprint density at radius 1 is 1.20 bits per heavy atom. The van der Waals surface area contributed by atoms with Gasteiger partial charge in [0, 0.05) is 24.9 Å². The number of amides is 3. The number of unbranched alkanes of at least 4 members (excludes halogenated alkanes) is 1. The van der Waals surface area contributed by atoms with Crippen molar-refractivity contribution in [2.45, 2.75) is 83.0 Å². The van der Waals surface area contributed by atoms with Crippen molar-refractivity contribution in [1.29, 1.82) is 0 Å². The molecule has 8 N–H and O–H groups in total. The monoisotopic (exact) mass is 493 g/mol. The lowest BCUT2D eigenvalue weighted by Crippen LogP contribution is -2.57. The molecule has 12 nitrogen and oxygen atoms in total. The zero-order chi connectivity index (χ0) is 26.0. The maximum Gasteiger partial charge on any atom is 0.326 e. The Hall–Kier alpha value is -2.99. The number of imidazole rings is 1. The number of carbonyl (C=O) groups excluding carboxylic acids is 3. The first-order valence-corrected chi connectivity index (χ1v) is 12.2. The number of carboxylic acid groups (broad SMARTS) is 1. The molecule has 0 bridgehead atoms. The fourth-order valence-electron chi connectivity index (χ4n) is 4.22. The van der Waals surface area contributed by atoms with Gasteiger partial charge in [-0.15, -0.1) is 0 Å². The Bertz CT molecular complexity index is 845. The summed E-state index contributed by atoms with van der Waals surface area (Å²) < 4.78 is 0. The largest absolute Gasteiger partial charge is 0.480 e. The minimum atomic E-state index is -1.06. The zero-order valence-electron chi connectivity index (χ0n) is 20.5. The van der Waals surface area contributed by atoms with Gasteiger partial charge in [0.15, 0.2) is 0 Å². The first-order chi connectivity index (χ1) is 16.6. The Morgan fingerprint density at radius 3 is 2.51 bits per heavy atom. The molecule has 2 rings (SSSR count). The summed E-state index contributed by atoms with van der Waals surface area (Å²) in [5.41, 5.74) is 12.3. The predicted octanol–water partition coefficient (Wildman–Crippen LogP) is -0.500. The van der Waals surface area contributed by atoms with Gasteiger partial charge >= 0.3 is 5.97 Å². The maximum atomic E-state index is 13.2. The Kier molecular flexibility index (Phi) is 11.1. The molecule has 0 radical (unpaired) electrons. The topological polar surface area (TPSA) is 197 Å². The molecule has 3 amide bonds. The summed E-state index contributed by atoms with van der Waals surface area (Å²) in [5.74, 6) is -2.39. The number of nitrogens with two attached hydrogens (primary N) is 2. The molecule has 1 saturated heterocycles. The number of hydrogen-bond acceptors (Lipinski definition) is 7. The number of aliphatic carboxylic acids is 1. The molecule has 4 atom stereocenters. The summed E-state index contributed by atoms with van der Waals surface area (Å²) in [7, 11) is 0. The van der Waals surface area contributed by atoms with Gasteiger partial charge in [0.2, 0.25) is 17.7 Å². The number of nitrogens with one attached hydrogen (secondary N) is 3. The molecule has 0 aliphatic carbocycles. The van der Waals surface area contributed by atoms with Crippen molar-refractivity contribution in [3.05, 3.63) is 18.2 Å². The van der Waals surface area contributed by atoms with Gasteiger partial charge in [-0.2, -0.15) is 0 Å². The second-order valence-electron chi connectivity index (χ2n) is 9.45. The average molecular weight is 494 g/mol. The highest BCUT2D eigenvalue weighted by molar-refractivity contribution is 5.94. The highest BCUT2D eigenvalue weighted by Crippen LogP contribution is 2.20. The molecule has 1 aliphatic rings. The molecule has 35 heavy (non-hydrogen) atoms. The number of aromatic nitrogens is 2. The van der Waals surface area contributed by atoms with Crippen molar-refractivity contribution >= 4 is 23.7 Å². The van der Waals surface area contributed by atoms with Crippen LogP contribution in [0, 0.1) is 5.92 Å². The smallest absolute Gasteiger partial charge is 0.326 e. The lowest BCUT2D eigenvalue weighted by molar-refractivity contribution is -0.149. The van der Waals surface area contributed by atoms with Crippen molar-refractivity contribution in [3.63, 3.8) is 0 Å². The summed E-state index contributed by atoms with van der Waals surface area (Å²) in [6, 6.07) is -3.59. The molecular weight excluding hydrogens is 454 g/mol. The van der Waals surface area contributed by atoms with Crippen molar-refractivity contribution in [2.75, 3.05) is 13.1 Å². The summed E-state index contributed by atoms with van der Waals surface area (Å²) in [6.07, 6.45) is 6.19. The van der Waals surface area contributed by atoms with E-state index < -0.39 is 47.9 Å². The molecule has 1 fully saturated rings. The van der Waals surface area contributed by atoms with Gasteiger partial charge in [0.1, 0.15) is 18.1 Å². The van der Waals surface area contributed by atoms with Crippen LogP contribution in [-0.2, 0) is 25.6 Å². The van der Waals surface area contributed by atoms with Gasteiger partial charge in [-0.3, -0.25) is 14.4 Å². The first-order valence-electron chi connectivity index (χ1n) is 12.2. The SMILES string of the molecule is CC(C)CC(NC(=O)C(N)Cc1cnc[nH]1)C(=O)NC(CCCCN)C(=O)N1CCCC1C(=O)O. The minimum absolute atomic E-state index is 0.0799. The number of hydrogen-bond donors (Lipinski definition) is 6. The third-order valence-electron chi connectivity index (χ3n) is 6.05. The molecule has 1 aromatic heterocycles. The molecule has 12 heteroatoms. The zero-order valence-corrected chi connectivity index (χ0v) is 20.5. The Morgan fingerprint density at radius 2 is 1.91 bits per heavy atom. The molecule has 0 spiro atoms. The number of nitrogens with zero attached hydrogens (tertiary/aromatic N) is 2. The number of H-pyrrole nitrogens is 1. The predicted molar refractivity (Wildman–Crippen MR) is 129 cm³/mol. The summed E-state index contributed by atoms with van der Waals surface area (Å²) >= 11 is 0. The molecule has 1 aromatic rings. The molecular formula is C23H39N7O5. The highest BCUT2D eigenvalue weighted by Gasteiger charge is 2.38. The van der Waals surface area contributed by atoms with Crippen LogP contribution in [0.2, 0.25) is 0 Å². The van der Waals surface area contributed by atoms with E-state index in [1.807, 2.05) is 13.8 Å². The first kappa shape index (κ1) is 28.2. The lowest BCUT2D eigenvalue weighted by atomic mass is 10.0. The Balaban J connectivity index is 2.11. The van der Waals surface area contributed by atoms with Crippen molar-refractivity contribution < 1.29 is 24.3 Å². The van der Waals surface area contributed by atoms with Crippen molar-refractivity contribution in [1.82, 2.24) is 25.5 Å². The number of carbonyl (C=O) groups is 4. The van der Waals surface area contributed by atoms with Crippen LogP contribution in [0.1, 0.15) is 58.1 Å². The highest BCUT2D eigenvalue weighted by atomic mass is 16.4. The van der Waals surface area contributed by atoms with E-state index in [9.17, 15) is 24.3 Å². The molecule has 4 unspecified atom stereocenters. The van der Waals surface area contributed by atoms with Gasteiger partial charge in [0.25, 0.3) is 0 Å². The van der Waals surface area contributed by atoms with E-state index >= 15 is 0 Å². The van der Waals surface area contributed by atoms with E-state index in [0.717, 1.165) is 0 Å². The summed E-state index contributed by atoms with van der Waals surface area (Å²) in [6.45, 7) is 4.61. The van der Waals surface area contributed by atoms with Gasteiger partial charge in [-0.05, 0) is 51.0 Å². The van der Waals surface area contributed by atoms with Crippen LogP contribution < -0.4 is 22.1 Å². The van der Waals surface area contributed by atoms with E-state index in [0.29, 0.717) is 57.3 Å². The minimum Gasteiger partial charge on any atom is -0.480 e. The van der Waals surface area contributed by atoms with E-state index in [1.165, 1.54) is 11.2 Å². The van der Waals surface area contributed by atoms with Crippen LogP contribution in [0.5, 0.6) is 0 Å². The van der Waals surface area contributed by atoms with Crippen LogP contribution in [0.3, 0.4) is 0 Å². The average Bonchev–Trinajstić information content (AvgIpc) is 3.49. The van der Waals surface area contributed by atoms with E-state index in [1.54, 1.807) is 6.20 Å². The van der Waals surface area contributed by atoms with E-state index in [-0.39, 0.29) is 12.3 Å². The third kappa shape index (κ3) is 8.62. The number of likely N-dealkylation sites (tertiary alicyclic amines) is 1. The number of aromatic amines is 1. The normalized spacial score (nSPS) is 18.2. The molecule has 2 heterocycles. The number of rotatable bonds is 14. The van der Waals surface area contributed by atoms with Gasteiger partial charge in [-0.1, -0.05) is 13.8 Å². The number of carboxylic acids is 1. The van der Waals surface area contributed by atoms with Crippen LogP contribution in [0.15, 0.2) is 12.5 Å². The maximum absolute atomic E-state index is 13.2. The molecule has 196 valence electrons. The van der Waals surface area contributed by atoms with Crippen molar-refractivity contribution in [3.8, 4) is 0 Å². The fourth-order valence-corrected chi connectivity index (χ4v) is 4.22. The Labute approximate surface area is 205 Å². The van der Waals surface area contributed by atoms with Crippen LogP contribution in [0.25, 0.3) is 0 Å². The van der Waals surface area contributed by atoms with Crippen LogP contribution in [0.4, 0.5) is 0 Å². The quantitative estimate of drug-likeness (QED) is 0.186. The van der Waals surface area contributed by atoms with Gasteiger partial charge in [-0.25, -0.2) is 9.78 Å². The third-order valence-corrected chi connectivity index (χ3v) is 6.05. The van der Waals surface area contributed by atoms with Crippen LogP contribution >= 0.6 is 0 Å². The molecule has 1 aliphatic heterocycles. The van der Waals surface area contributed by atoms with E-state index in [2.05, 4.69) is 20.6 Å². The van der Waals surface area contributed by atoms with Crippen LogP contribution in [-0.4, -0.2) is 80.9 Å².